The van der Waals surface area contributed by atoms with Crippen molar-refractivity contribution in [1.29, 1.82) is 0 Å². The summed E-state index contributed by atoms with van der Waals surface area (Å²) in [7, 11) is 0. The second kappa shape index (κ2) is 2.99. The molecular weight excluding hydrogens is 196 g/mol. The Labute approximate surface area is 78.2 Å². The SMILES string of the molecule is OCC(F)(F)c1nc(C2CC2)cs1. The summed E-state index contributed by atoms with van der Waals surface area (Å²) >= 11 is 0.928. The minimum atomic E-state index is -3.17. The van der Waals surface area contributed by atoms with Crippen LogP contribution in [0.1, 0.15) is 29.5 Å². The molecule has 1 fully saturated rings. The lowest BCUT2D eigenvalue weighted by atomic mass is 10.3. The van der Waals surface area contributed by atoms with E-state index in [1.54, 1.807) is 5.38 Å². The van der Waals surface area contributed by atoms with Crippen molar-refractivity contribution in [2.75, 3.05) is 6.61 Å². The number of hydrogen-bond donors (Lipinski definition) is 1. The molecule has 0 amide bonds. The molecule has 0 radical (unpaired) electrons. The number of alkyl halides is 2. The summed E-state index contributed by atoms with van der Waals surface area (Å²) in [6.07, 6.45) is 2.10. The summed E-state index contributed by atoms with van der Waals surface area (Å²) in [4.78, 5) is 3.82. The van der Waals surface area contributed by atoms with Gasteiger partial charge in [0.05, 0.1) is 5.69 Å². The van der Waals surface area contributed by atoms with Crippen LogP contribution in [0.2, 0.25) is 0 Å². The highest BCUT2D eigenvalue weighted by molar-refractivity contribution is 7.09. The number of aromatic nitrogens is 1. The van der Waals surface area contributed by atoms with Crippen LogP contribution in [0.25, 0.3) is 0 Å². The van der Waals surface area contributed by atoms with Crippen LogP contribution in [-0.4, -0.2) is 16.7 Å². The molecule has 1 aliphatic carbocycles. The van der Waals surface area contributed by atoms with Crippen LogP contribution in [-0.2, 0) is 5.92 Å². The zero-order valence-electron chi connectivity index (χ0n) is 6.83. The van der Waals surface area contributed by atoms with Gasteiger partial charge in [-0.2, -0.15) is 8.78 Å². The molecular formula is C8H9F2NOS. The molecule has 0 bridgehead atoms. The standard InChI is InChI=1S/C8H9F2NOS/c9-8(10,4-12)7-11-6(3-13-7)5-1-2-5/h3,5,12H,1-2,4H2. The van der Waals surface area contributed by atoms with Gasteiger partial charge in [0.2, 0.25) is 0 Å². The van der Waals surface area contributed by atoms with Gasteiger partial charge in [0.25, 0.3) is 0 Å². The lowest BCUT2D eigenvalue weighted by Crippen LogP contribution is -2.18. The first-order valence-corrected chi connectivity index (χ1v) is 4.96. The minimum absolute atomic E-state index is 0.267. The molecule has 0 spiro atoms. The molecule has 1 N–H and O–H groups in total. The highest BCUT2D eigenvalue weighted by atomic mass is 32.1. The number of thiazole rings is 1. The maximum atomic E-state index is 12.9. The second-order valence-corrected chi connectivity index (χ2v) is 4.07. The first-order valence-electron chi connectivity index (χ1n) is 4.08. The van der Waals surface area contributed by atoms with Crippen molar-refractivity contribution in [2.24, 2.45) is 0 Å². The predicted octanol–water partition coefficient (Wildman–Crippen LogP) is 2.10. The quantitative estimate of drug-likeness (QED) is 0.819. The Morgan fingerprint density at radius 1 is 1.62 bits per heavy atom. The Bertz CT molecular complexity index is 309. The van der Waals surface area contributed by atoms with E-state index in [0.29, 0.717) is 5.92 Å². The van der Waals surface area contributed by atoms with E-state index in [1.165, 1.54) is 0 Å². The molecule has 0 aliphatic heterocycles. The van der Waals surface area contributed by atoms with E-state index in [-0.39, 0.29) is 5.01 Å². The summed E-state index contributed by atoms with van der Waals surface area (Å²) in [5, 5.41) is 9.82. The van der Waals surface area contributed by atoms with Gasteiger partial charge < -0.3 is 5.11 Å². The second-order valence-electron chi connectivity index (χ2n) is 3.21. The highest BCUT2D eigenvalue weighted by Crippen LogP contribution is 2.42. The lowest BCUT2D eigenvalue weighted by Gasteiger charge is -2.08. The van der Waals surface area contributed by atoms with Gasteiger partial charge >= 0.3 is 5.92 Å². The van der Waals surface area contributed by atoms with Crippen LogP contribution < -0.4 is 0 Å². The summed E-state index contributed by atoms with van der Waals surface area (Å²) in [5.74, 6) is -2.78. The Morgan fingerprint density at radius 2 is 2.31 bits per heavy atom. The van der Waals surface area contributed by atoms with Gasteiger partial charge in [-0.15, -0.1) is 11.3 Å². The smallest absolute Gasteiger partial charge is 0.321 e. The third-order valence-electron chi connectivity index (χ3n) is 2.03. The summed E-state index contributed by atoms with van der Waals surface area (Å²) in [6.45, 7) is -1.16. The van der Waals surface area contributed by atoms with Gasteiger partial charge in [-0.3, -0.25) is 0 Å². The van der Waals surface area contributed by atoms with Crippen molar-refractivity contribution in [1.82, 2.24) is 4.98 Å². The molecule has 1 aliphatic rings. The molecule has 1 aromatic rings. The molecule has 13 heavy (non-hydrogen) atoms. The summed E-state index contributed by atoms with van der Waals surface area (Å²) < 4.78 is 25.8. The third kappa shape index (κ3) is 1.71. The van der Waals surface area contributed by atoms with Crippen LogP contribution in [0.4, 0.5) is 8.78 Å². The molecule has 2 rings (SSSR count). The van der Waals surface area contributed by atoms with Crippen LogP contribution in [0, 0.1) is 0 Å². The fourth-order valence-corrected chi connectivity index (χ4v) is 1.96. The molecule has 1 aromatic heterocycles. The average Bonchev–Trinajstić information content (AvgIpc) is 2.83. The van der Waals surface area contributed by atoms with E-state index in [9.17, 15) is 8.78 Å². The van der Waals surface area contributed by atoms with Gasteiger partial charge in [0, 0.05) is 11.3 Å². The molecule has 72 valence electrons. The van der Waals surface area contributed by atoms with Gasteiger partial charge in [0.15, 0.2) is 5.01 Å². The van der Waals surface area contributed by atoms with E-state index in [0.717, 1.165) is 29.9 Å². The third-order valence-corrected chi connectivity index (χ3v) is 3.00. The zero-order valence-corrected chi connectivity index (χ0v) is 7.65. The maximum absolute atomic E-state index is 12.9. The zero-order chi connectivity index (χ0) is 9.47. The van der Waals surface area contributed by atoms with E-state index in [2.05, 4.69) is 4.98 Å². The fourth-order valence-electron chi connectivity index (χ4n) is 1.09. The summed E-state index contributed by atoms with van der Waals surface area (Å²) in [6, 6.07) is 0. The Kier molecular flexibility index (Phi) is 2.08. The Balaban J connectivity index is 2.20. The number of halogens is 2. The van der Waals surface area contributed by atoms with Gasteiger partial charge in [-0.25, -0.2) is 4.98 Å². The molecule has 2 nitrogen and oxygen atoms in total. The van der Waals surface area contributed by atoms with Crippen molar-refractivity contribution in [3.8, 4) is 0 Å². The first-order chi connectivity index (χ1) is 6.13. The molecule has 0 unspecified atom stereocenters. The Hall–Kier alpha value is -0.550. The maximum Gasteiger partial charge on any atom is 0.321 e. The molecule has 0 saturated heterocycles. The molecule has 0 atom stereocenters. The average molecular weight is 205 g/mol. The summed E-state index contributed by atoms with van der Waals surface area (Å²) in [5.41, 5.74) is 0.758. The number of hydrogen-bond acceptors (Lipinski definition) is 3. The fraction of sp³-hybridized carbons (Fsp3) is 0.625. The van der Waals surface area contributed by atoms with E-state index >= 15 is 0 Å². The van der Waals surface area contributed by atoms with Gasteiger partial charge in [0.1, 0.15) is 6.61 Å². The number of aliphatic hydroxyl groups excluding tert-OH is 1. The molecule has 1 heterocycles. The lowest BCUT2D eigenvalue weighted by molar-refractivity contribution is -0.0558. The van der Waals surface area contributed by atoms with Crippen LogP contribution in [0.3, 0.4) is 0 Å². The monoisotopic (exact) mass is 205 g/mol. The van der Waals surface area contributed by atoms with Crippen LogP contribution in [0.5, 0.6) is 0 Å². The van der Waals surface area contributed by atoms with Crippen LogP contribution >= 0.6 is 11.3 Å². The highest BCUT2D eigenvalue weighted by Gasteiger charge is 2.36. The first kappa shape index (κ1) is 9.02. The number of nitrogens with zero attached hydrogens (tertiary/aromatic N) is 1. The van der Waals surface area contributed by atoms with Crippen molar-refractivity contribution < 1.29 is 13.9 Å². The Morgan fingerprint density at radius 3 is 2.85 bits per heavy atom. The normalized spacial score (nSPS) is 17.8. The molecule has 0 aromatic carbocycles. The molecule has 5 heteroatoms. The van der Waals surface area contributed by atoms with Gasteiger partial charge in [-0.1, -0.05) is 0 Å². The van der Waals surface area contributed by atoms with Gasteiger partial charge in [-0.05, 0) is 12.8 Å². The van der Waals surface area contributed by atoms with Crippen molar-refractivity contribution >= 4 is 11.3 Å². The van der Waals surface area contributed by atoms with Crippen molar-refractivity contribution in [3.05, 3.63) is 16.1 Å². The minimum Gasteiger partial charge on any atom is -0.390 e. The van der Waals surface area contributed by atoms with E-state index in [4.69, 9.17) is 5.11 Å². The largest absolute Gasteiger partial charge is 0.390 e. The van der Waals surface area contributed by atoms with Crippen molar-refractivity contribution in [2.45, 2.75) is 24.7 Å². The predicted molar refractivity (Wildman–Crippen MR) is 45.1 cm³/mol. The van der Waals surface area contributed by atoms with E-state index < -0.39 is 12.5 Å². The molecule has 1 saturated carbocycles. The van der Waals surface area contributed by atoms with Crippen molar-refractivity contribution in [3.63, 3.8) is 0 Å². The number of rotatable bonds is 3. The van der Waals surface area contributed by atoms with Crippen LogP contribution in [0.15, 0.2) is 5.38 Å². The number of aliphatic hydroxyl groups is 1. The van der Waals surface area contributed by atoms with E-state index in [1.807, 2.05) is 0 Å². The topological polar surface area (TPSA) is 33.1 Å².